The van der Waals surface area contributed by atoms with E-state index in [2.05, 4.69) is 5.92 Å². The lowest BCUT2D eigenvalue weighted by Gasteiger charge is -2.39. The average Bonchev–Trinajstić information content (AvgIpc) is 3.43. The van der Waals surface area contributed by atoms with Crippen LogP contribution in [0.2, 0.25) is 10.0 Å². The van der Waals surface area contributed by atoms with E-state index in [0.29, 0.717) is 48.3 Å². The Morgan fingerprint density at radius 2 is 1.55 bits per heavy atom. The molecular formula is C34H34Cl3F3N4O4S. The Kier molecular flexibility index (Phi) is 12.5. The van der Waals surface area contributed by atoms with E-state index in [-0.39, 0.29) is 47.9 Å². The third-order valence-electron chi connectivity index (χ3n) is 7.99. The molecule has 2 aliphatic rings. The van der Waals surface area contributed by atoms with Gasteiger partial charge in [-0.2, -0.15) is 13.2 Å². The van der Waals surface area contributed by atoms with Crippen LogP contribution in [-0.2, 0) is 9.84 Å². The van der Waals surface area contributed by atoms with Gasteiger partial charge in [-0.25, -0.2) is 13.2 Å². The van der Waals surface area contributed by atoms with E-state index in [0.717, 1.165) is 11.1 Å². The van der Waals surface area contributed by atoms with Crippen LogP contribution in [-0.4, -0.2) is 92.5 Å². The molecule has 2 aliphatic heterocycles. The highest BCUT2D eigenvalue weighted by Gasteiger charge is 2.45. The number of aliphatic imine (C=N–C) groups is 1. The maximum atomic E-state index is 14.7. The molecule has 0 unspecified atom stereocenters. The molecule has 262 valence electrons. The van der Waals surface area contributed by atoms with Crippen LogP contribution in [0, 0.1) is 11.8 Å². The Balaban J connectivity index is 0.00000541. The molecule has 8 nitrogen and oxygen atoms in total. The number of amides is 2. The molecule has 1 saturated heterocycles. The zero-order valence-corrected chi connectivity index (χ0v) is 29.7. The van der Waals surface area contributed by atoms with Crippen molar-refractivity contribution < 1.29 is 31.1 Å². The van der Waals surface area contributed by atoms with Crippen molar-refractivity contribution in [2.45, 2.75) is 25.2 Å². The van der Waals surface area contributed by atoms with Crippen LogP contribution in [0.25, 0.3) is 0 Å². The number of carbonyl (C=O) groups is 1. The number of benzene rings is 3. The van der Waals surface area contributed by atoms with Crippen molar-refractivity contribution >= 4 is 57.3 Å². The van der Waals surface area contributed by atoms with Gasteiger partial charge >= 0.3 is 12.2 Å². The fraction of sp³-hybridized carbons (Fsp3) is 0.353. The molecule has 2 amide bonds. The first-order valence-electron chi connectivity index (χ1n) is 15.2. The topological polar surface area (TPSA) is 82.5 Å². The predicted octanol–water partition coefficient (Wildman–Crippen LogP) is 7.05. The van der Waals surface area contributed by atoms with Crippen LogP contribution in [0.15, 0.2) is 71.7 Å². The number of halogens is 6. The summed E-state index contributed by atoms with van der Waals surface area (Å²) in [5.74, 6) is 3.95. The van der Waals surface area contributed by atoms with Crippen LogP contribution in [0.5, 0.6) is 5.75 Å². The molecule has 5 rings (SSSR count). The summed E-state index contributed by atoms with van der Waals surface area (Å²) in [6.45, 7) is 3.94. The summed E-state index contributed by atoms with van der Waals surface area (Å²) in [6, 6.07) is 17.1. The highest BCUT2D eigenvalue weighted by Crippen LogP contribution is 2.45. The van der Waals surface area contributed by atoms with Crippen molar-refractivity contribution in [3.05, 3.63) is 99.0 Å². The monoisotopic (exact) mass is 756 g/mol. The largest absolute Gasteiger partial charge is 0.493 e. The van der Waals surface area contributed by atoms with Gasteiger partial charge in [-0.1, -0.05) is 53.4 Å². The second kappa shape index (κ2) is 16.0. The third-order valence-corrected chi connectivity index (χ3v) is 9.42. The van der Waals surface area contributed by atoms with E-state index >= 15 is 0 Å². The van der Waals surface area contributed by atoms with Crippen molar-refractivity contribution in [2.75, 3.05) is 51.3 Å². The number of carbonyl (C=O) groups excluding carboxylic acids is 1. The van der Waals surface area contributed by atoms with Gasteiger partial charge in [0.25, 0.3) is 0 Å². The van der Waals surface area contributed by atoms with Crippen LogP contribution < -0.4 is 4.74 Å². The normalized spacial score (nSPS) is 18.3. The first-order valence-corrected chi connectivity index (χ1v) is 18.0. The van der Waals surface area contributed by atoms with Crippen LogP contribution in [0.4, 0.5) is 18.0 Å². The van der Waals surface area contributed by atoms with Gasteiger partial charge in [-0.15, -0.1) is 12.4 Å². The lowest BCUT2D eigenvalue weighted by molar-refractivity contribution is -0.0696. The van der Waals surface area contributed by atoms with Gasteiger partial charge < -0.3 is 9.64 Å². The smallest absolute Gasteiger partial charge is 0.458 e. The number of rotatable bonds is 8. The van der Waals surface area contributed by atoms with E-state index in [1.807, 2.05) is 29.2 Å². The molecule has 3 aromatic carbocycles. The lowest BCUT2D eigenvalue weighted by atomic mass is 9.93. The second-order valence-electron chi connectivity index (χ2n) is 11.4. The summed E-state index contributed by atoms with van der Waals surface area (Å²) < 4.78 is 68.0. The molecule has 1 fully saturated rings. The quantitative estimate of drug-likeness (QED) is 0.230. The SMILES string of the molecule is CCOc1cc(C#CC(F)(F)F)ccc1C1=N[C@@H](c2ccc(Cl)cc2)[C@@H](c2ccc(Cl)cc2)N1C(=O)N1CCN(CCS(C)(=O)=O)CC1.Cl. The molecule has 0 saturated carbocycles. The van der Waals surface area contributed by atoms with Gasteiger partial charge in [0.15, 0.2) is 0 Å². The van der Waals surface area contributed by atoms with Gasteiger partial charge in [0.2, 0.25) is 0 Å². The molecule has 2 heterocycles. The van der Waals surface area contributed by atoms with E-state index in [4.69, 9.17) is 32.9 Å². The first kappa shape index (κ1) is 38.3. The Hall–Kier alpha value is -3.47. The number of hydrogen-bond acceptors (Lipinski definition) is 6. The summed E-state index contributed by atoms with van der Waals surface area (Å²) in [4.78, 5) is 25.1. The summed E-state index contributed by atoms with van der Waals surface area (Å²) >= 11 is 12.5. The molecule has 0 spiro atoms. The van der Waals surface area contributed by atoms with E-state index in [1.54, 1.807) is 47.1 Å². The van der Waals surface area contributed by atoms with Gasteiger partial charge in [-0.3, -0.25) is 14.8 Å². The molecule has 3 aromatic rings. The summed E-state index contributed by atoms with van der Waals surface area (Å²) in [6.07, 6.45) is -3.48. The minimum Gasteiger partial charge on any atom is -0.493 e. The second-order valence-corrected chi connectivity index (χ2v) is 14.6. The van der Waals surface area contributed by atoms with E-state index < -0.39 is 28.1 Å². The number of piperazine rings is 1. The van der Waals surface area contributed by atoms with Crippen molar-refractivity contribution in [1.29, 1.82) is 0 Å². The van der Waals surface area contributed by atoms with Crippen LogP contribution >= 0.6 is 35.6 Å². The lowest BCUT2D eigenvalue weighted by Crippen LogP contribution is -2.54. The number of ether oxygens (including phenoxy) is 1. The van der Waals surface area contributed by atoms with Gasteiger partial charge in [0.05, 0.1) is 24.0 Å². The van der Waals surface area contributed by atoms with Crippen molar-refractivity contribution in [1.82, 2.24) is 14.7 Å². The average molecular weight is 758 g/mol. The molecular weight excluding hydrogens is 724 g/mol. The number of nitrogens with zero attached hydrogens (tertiary/aromatic N) is 4. The number of urea groups is 1. The highest BCUT2D eigenvalue weighted by molar-refractivity contribution is 7.90. The standard InChI is InChI=1S/C34H33Cl2F3N4O4S.ClH/c1-3-47-29-22-23(14-15-34(37,38)39)4-13-28(29)32-40-30(24-5-9-26(35)10-6-24)31(25-7-11-27(36)12-8-25)43(32)33(44)42-18-16-41(17-19-42)20-21-48(2,45)46;/h4-13,22,30-31H,3,16-21H2,1-2H3;1H/t30-,31+;/m0./s1. The van der Waals surface area contributed by atoms with Crippen LogP contribution in [0.1, 0.15) is 41.3 Å². The number of alkyl halides is 3. The number of sulfone groups is 1. The van der Waals surface area contributed by atoms with E-state index in [9.17, 15) is 26.4 Å². The van der Waals surface area contributed by atoms with Gasteiger partial charge in [-0.05, 0) is 60.5 Å². The summed E-state index contributed by atoms with van der Waals surface area (Å²) in [5, 5.41) is 1.04. The molecule has 0 aliphatic carbocycles. The Bertz CT molecular complexity index is 1840. The Morgan fingerprint density at radius 1 is 0.959 bits per heavy atom. The minimum absolute atomic E-state index is 0. The Labute approximate surface area is 300 Å². The molecule has 0 N–H and O–H groups in total. The zero-order chi connectivity index (χ0) is 34.6. The minimum atomic E-state index is -4.67. The van der Waals surface area contributed by atoms with Gasteiger partial charge in [0.1, 0.15) is 27.5 Å². The maximum absolute atomic E-state index is 14.7. The fourth-order valence-electron chi connectivity index (χ4n) is 5.67. The molecule has 15 heteroatoms. The summed E-state index contributed by atoms with van der Waals surface area (Å²) in [7, 11) is -3.14. The van der Waals surface area contributed by atoms with Crippen molar-refractivity contribution in [3.63, 3.8) is 0 Å². The highest BCUT2D eigenvalue weighted by atomic mass is 35.5. The maximum Gasteiger partial charge on any atom is 0.458 e. The van der Waals surface area contributed by atoms with Crippen molar-refractivity contribution in [2.24, 2.45) is 4.99 Å². The Morgan fingerprint density at radius 3 is 2.10 bits per heavy atom. The fourth-order valence-corrected chi connectivity index (χ4v) is 6.51. The van der Waals surface area contributed by atoms with E-state index in [1.165, 1.54) is 24.3 Å². The van der Waals surface area contributed by atoms with Gasteiger partial charge in [0, 0.05) is 60.5 Å². The predicted molar refractivity (Wildman–Crippen MR) is 188 cm³/mol. The number of hydrogen-bond donors (Lipinski definition) is 0. The molecule has 0 radical (unpaired) electrons. The summed E-state index contributed by atoms with van der Waals surface area (Å²) in [5.41, 5.74) is 2.03. The molecule has 2 atom stereocenters. The molecule has 49 heavy (non-hydrogen) atoms. The van der Waals surface area contributed by atoms with Crippen LogP contribution in [0.3, 0.4) is 0 Å². The zero-order valence-electron chi connectivity index (χ0n) is 26.6. The van der Waals surface area contributed by atoms with Crippen molar-refractivity contribution in [3.8, 4) is 17.6 Å². The number of amidine groups is 1. The third kappa shape index (κ3) is 9.83. The first-order chi connectivity index (χ1) is 22.7. The molecule has 0 aromatic heterocycles. The molecule has 0 bridgehead atoms.